The highest BCUT2D eigenvalue weighted by Crippen LogP contribution is 2.29. The van der Waals surface area contributed by atoms with Crippen LogP contribution in [-0.2, 0) is 10.3 Å². The van der Waals surface area contributed by atoms with Crippen LogP contribution in [0.5, 0.6) is 0 Å². The molecule has 8 heteroatoms. The molecule has 1 aliphatic heterocycles. The lowest BCUT2D eigenvalue weighted by Crippen LogP contribution is -2.41. The molecule has 8 nitrogen and oxygen atoms in total. The zero-order valence-corrected chi connectivity index (χ0v) is 18.1. The molecule has 1 fully saturated rings. The first-order valence-corrected chi connectivity index (χ1v) is 9.99. The molecular weight excluding hydrogens is 396 g/mol. The predicted octanol–water partition coefficient (Wildman–Crippen LogP) is 3.35. The zero-order valence-electron chi connectivity index (χ0n) is 18.1. The maximum absolute atomic E-state index is 13.1. The van der Waals surface area contributed by atoms with Gasteiger partial charge in [-0.15, -0.1) is 0 Å². The van der Waals surface area contributed by atoms with Gasteiger partial charge in [0, 0.05) is 23.0 Å². The van der Waals surface area contributed by atoms with Gasteiger partial charge in [-0.05, 0) is 46.2 Å². The number of ketones is 1. The van der Waals surface area contributed by atoms with Crippen molar-refractivity contribution < 1.29 is 18.9 Å². The normalized spacial score (nSPS) is 18.5. The van der Waals surface area contributed by atoms with Gasteiger partial charge in [0.1, 0.15) is 11.3 Å². The van der Waals surface area contributed by atoms with Crippen molar-refractivity contribution in [3.05, 3.63) is 70.2 Å². The molecule has 1 saturated heterocycles. The number of urea groups is 1. The van der Waals surface area contributed by atoms with E-state index in [9.17, 15) is 14.4 Å². The number of carbonyl (C=O) groups excluding carboxylic acids is 3. The van der Waals surface area contributed by atoms with E-state index in [1.165, 1.54) is 0 Å². The number of hydrogen-bond donors (Lipinski definition) is 1. The first-order valence-electron chi connectivity index (χ1n) is 9.99. The van der Waals surface area contributed by atoms with Gasteiger partial charge in [0.25, 0.3) is 5.91 Å². The van der Waals surface area contributed by atoms with Crippen LogP contribution in [0.25, 0.3) is 5.82 Å². The number of imide groups is 1. The summed E-state index contributed by atoms with van der Waals surface area (Å²) in [5, 5.41) is 6.75. The van der Waals surface area contributed by atoms with Crippen LogP contribution in [0.15, 0.2) is 40.9 Å². The second-order valence-corrected chi connectivity index (χ2v) is 8.15. The van der Waals surface area contributed by atoms with Crippen LogP contribution in [0.3, 0.4) is 0 Å². The number of amides is 3. The highest BCUT2D eigenvalue weighted by Gasteiger charge is 2.49. The maximum atomic E-state index is 13.1. The smallest absolute Gasteiger partial charge is 0.325 e. The van der Waals surface area contributed by atoms with Gasteiger partial charge in [-0.3, -0.25) is 19.1 Å². The number of benzene rings is 1. The summed E-state index contributed by atoms with van der Waals surface area (Å²) >= 11 is 0. The van der Waals surface area contributed by atoms with E-state index in [0.29, 0.717) is 28.4 Å². The Morgan fingerprint density at radius 2 is 1.77 bits per heavy atom. The lowest BCUT2D eigenvalue weighted by molar-refractivity contribution is -0.130. The highest BCUT2D eigenvalue weighted by atomic mass is 16.5. The van der Waals surface area contributed by atoms with Gasteiger partial charge in [-0.1, -0.05) is 35.0 Å². The molecule has 3 heterocycles. The first kappa shape index (κ1) is 20.6. The molecule has 160 valence electrons. The Labute approximate surface area is 179 Å². The number of Topliss-reactive ketones (excluding diaryl/α,β-unsaturated/α-hetero) is 1. The van der Waals surface area contributed by atoms with Gasteiger partial charge in [0.05, 0.1) is 6.54 Å². The molecule has 1 N–H and O–H groups in total. The van der Waals surface area contributed by atoms with Gasteiger partial charge in [0.15, 0.2) is 11.6 Å². The molecule has 1 aromatic carbocycles. The lowest BCUT2D eigenvalue weighted by atomic mass is 9.91. The van der Waals surface area contributed by atoms with E-state index in [1.54, 1.807) is 32.9 Å². The van der Waals surface area contributed by atoms with Crippen LogP contribution in [0.2, 0.25) is 0 Å². The van der Waals surface area contributed by atoms with E-state index in [4.69, 9.17) is 4.52 Å². The molecule has 2 aromatic heterocycles. The molecule has 31 heavy (non-hydrogen) atoms. The van der Waals surface area contributed by atoms with E-state index in [1.807, 2.05) is 42.7 Å². The minimum absolute atomic E-state index is 0.323. The predicted molar refractivity (Wildman–Crippen MR) is 113 cm³/mol. The summed E-state index contributed by atoms with van der Waals surface area (Å²) in [4.78, 5) is 39.8. The fourth-order valence-electron chi connectivity index (χ4n) is 4.01. The van der Waals surface area contributed by atoms with Crippen LogP contribution in [0, 0.1) is 27.7 Å². The molecular formula is C23H24N4O4. The summed E-state index contributed by atoms with van der Waals surface area (Å²) < 4.78 is 6.96. The molecule has 1 aliphatic rings. The summed E-state index contributed by atoms with van der Waals surface area (Å²) in [6, 6.07) is 10.3. The molecule has 3 amide bonds. The molecule has 0 radical (unpaired) electrons. The highest BCUT2D eigenvalue weighted by molar-refractivity contribution is 6.11. The number of aryl methyl sites for hydroxylation is 3. The van der Waals surface area contributed by atoms with E-state index >= 15 is 0 Å². The minimum Gasteiger partial charge on any atom is -0.360 e. The fourth-order valence-corrected chi connectivity index (χ4v) is 4.01. The van der Waals surface area contributed by atoms with Gasteiger partial charge < -0.3 is 9.84 Å². The van der Waals surface area contributed by atoms with Crippen LogP contribution >= 0.6 is 0 Å². The van der Waals surface area contributed by atoms with Crippen LogP contribution in [-0.4, -0.2) is 38.9 Å². The Kier molecular flexibility index (Phi) is 4.80. The number of nitrogens with zero attached hydrogens (tertiary/aromatic N) is 3. The van der Waals surface area contributed by atoms with Crippen molar-refractivity contribution in [2.24, 2.45) is 0 Å². The van der Waals surface area contributed by atoms with E-state index in [0.717, 1.165) is 16.2 Å². The van der Waals surface area contributed by atoms with E-state index in [-0.39, 0.29) is 12.3 Å². The summed E-state index contributed by atoms with van der Waals surface area (Å²) in [6.45, 7) is 8.71. The quantitative estimate of drug-likeness (QED) is 0.504. The van der Waals surface area contributed by atoms with Crippen LogP contribution in [0.1, 0.15) is 45.6 Å². The van der Waals surface area contributed by atoms with Crippen molar-refractivity contribution in [1.82, 2.24) is 19.9 Å². The van der Waals surface area contributed by atoms with Crippen molar-refractivity contribution >= 4 is 17.7 Å². The molecule has 0 bridgehead atoms. The van der Waals surface area contributed by atoms with Gasteiger partial charge >= 0.3 is 6.03 Å². The molecule has 3 aromatic rings. The van der Waals surface area contributed by atoms with Crippen molar-refractivity contribution in [2.75, 3.05) is 6.54 Å². The molecule has 0 aliphatic carbocycles. The van der Waals surface area contributed by atoms with E-state index < -0.39 is 17.5 Å². The molecule has 0 saturated carbocycles. The number of nitrogens with one attached hydrogen (secondary N) is 1. The SMILES string of the molecule is Cc1ccc(C2(C)NC(=O)N(CC(=O)c3cc(C)n(-c4cc(C)on4)c3C)C2=O)cc1. The fraction of sp³-hybridized carbons (Fsp3) is 0.304. The monoisotopic (exact) mass is 420 g/mol. The number of carbonyl (C=O) groups is 3. The number of hydrogen-bond acceptors (Lipinski definition) is 5. The lowest BCUT2D eigenvalue weighted by Gasteiger charge is -2.22. The van der Waals surface area contributed by atoms with Crippen LogP contribution in [0.4, 0.5) is 4.79 Å². The largest absolute Gasteiger partial charge is 0.360 e. The van der Waals surface area contributed by atoms with Gasteiger partial charge in [0.2, 0.25) is 0 Å². The third-order valence-electron chi connectivity index (χ3n) is 5.78. The maximum Gasteiger partial charge on any atom is 0.325 e. The zero-order chi connectivity index (χ0) is 22.5. The Morgan fingerprint density at radius 1 is 1.10 bits per heavy atom. The van der Waals surface area contributed by atoms with Crippen LogP contribution < -0.4 is 5.32 Å². The average molecular weight is 420 g/mol. The third kappa shape index (κ3) is 3.34. The molecule has 0 spiro atoms. The Morgan fingerprint density at radius 3 is 2.39 bits per heavy atom. The van der Waals surface area contributed by atoms with Crippen molar-refractivity contribution in [3.8, 4) is 5.82 Å². The summed E-state index contributed by atoms with van der Waals surface area (Å²) in [5.41, 5.74) is 2.42. The second-order valence-electron chi connectivity index (χ2n) is 8.15. The van der Waals surface area contributed by atoms with Gasteiger partial charge in [-0.25, -0.2) is 4.79 Å². The summed E-state index contributed by atoms with van der Waals surface area (Å²) in [6.07, 6.45) is 0. The van der Waals surface area contributed by atoms with Crippen molar-refractivity contribution in [2.45, 2.75) is 40.2 Å². The first-order chi connectivity index (χ1) is 14.6. The minimum atomic E-state index is -1.21. The van der Waals surface area contributed by atoms with E-state index in [2.05, 4.69) is 10.5 Å². The molecule has 1 unspecified atom stereocenters. The topological polar surface area (TPSA) is 97.4 Å². The number of rotatable bonds is 5. The third-order valence-corrected chi connectivity index (χ3v) is 5.78. The average Bonchev–Trinajstić information content (AvgIpc) is 3.33. The molecule has 1 atom stereocenters. The number of aromatic nitrogens is 2. The Hall–Kier alpha value is -3.68. The summed E-state index contributed by atoms with van der Waals surface area (Å²) in [7, 11) is 0. The van der Waals surface area contributed by atoms with Gasteiger partial charge in [-0.2, -0.15) is 0 Å². The van der Waals surface area contributed by atoms with Crippen molar-refractivity contribution in [1.29, 1.82) is 0 Å². The standard InChI is InChI=1S/C23H24N4O4/c1-13-6-8-17(9-7-13)23(5)21(29)26(22(30)24-23)12-19(28)18-10-14(2)27(16(18)4)20-11-15(3)31-25-20/h6-11H,12H2,1-5H3,(H,24,30). The summed E-state index contributed by atoms with van der Waals surface area (Å²) in [5.74, 6) is 0.463. The Balaban J connectivity index is 1.60. The Bertz CT molecular complexity index is 1200. The molecule has 4 rings (SSSR count). The second kappa shape index (κ2) is 7.23. The van der Waals surface area contributed by atoms with Crippen molar-refractivity contribution in [3.63, 3.8) is 0 Å².